The molecule has 1 heterocycles. The smallest absolute Gasteiger partial charge is 0.254 e. The second-order valence-corrected chi connectivity index (χ2v) is 6.57. The normalized spacial score (nSPS) is 24.8. The average Bonchev–Trinajstić information content (AvgIpc) is 2.90. The minimum atomic E-state index is 0.154. The van der Waals surface area contributed by atoms with Crippen LogP contribution < -0.4 is 10.6 Å². The predicted molar refractivity (Wildman–Crippen MR) is 86.6 cm³/mol. The summed E-state index contributed by atoms with van der Waals surface area (Å²) in [6.07, 6.45) is 6.21. The lowest BCUT2D eigenvalue weighted by molar-refractivity contribution is 0.0690. The van der Waals surface area contributed by atoms with Crippen molar-refractivity contribution >= 4 is 17.3 Å². The number of carbonyl (C=O) groups excluding carboxylic acids is 1. The Balaban J connectivity index is 1.80. The van der Waals surface area contributed by atoms with Gasteiger partial charge in [0.2, 0.25) is 0 Å². The Morgan fingerprint density at radius 1 is 1.24 bits per heavy atom. The van der Waals surface area contributed by atoms with E-state index in [0.29, 0.717) is 11.7 Å². The summed E-state index contributed by atoms with van der Waals surface area (Å²) in [5.41, 5.74) is 8.44. The molecule has 1 amide bonds. The molecule has 2 aliphatic rings. The highest BCUT2D eigenvalue weighted by Gasteiger charge is 2.38. The number of nitrogen functional groups attached to an aromatic ring is 1. The summed E-state index contributed by atoms with van der Waals surface area (Å²) in [5, 5.41) is 0. The molecule has 1 saturated heterocycles. The van der Waals surface area contributed by atoms with Gasteiger partial charge in [0.25, 0.3) is 5.91 Å². The van der Waals surface area contributed by atoms with E-state index in [1.807, 2.05) is 37.2 Å². The van der Waals surface area contributed by atoms with Crippen molar-refractivity contribution < 1.29 is 4.79 Å². The molecule has 1 aromatic rings. The molecule has 0 spiro atoms. The van der Waals surface area contributed by atoms with E-state index >= 15 is 0 Å². The molecule has 21 heavy (non-hydrogen) atoms. The van der Waals surface area contributed by atoms with Gasteiger partial charge in [-0.05, 0) is 43.4 Å². The molecule has 1 aromatic carbocycles. The van der Waals surface area contributed by atoms with Gasteiger partial charge in [0.1, 0.15) is 0 Å². The number of amides is 1. The van der Waals surface area contributed by atoms with E-state index < -0.39 is 0 Å². The first-order chi connectivity index (χ1) is 10.1. The van der Waals surface area contributed by atoms with Crippen LogP contribution in [0.4, 0.5) is 11.4 Å². The van der Waals surface area contributed by atoms with Crippen molar-refractivity contribution in [3.63, 3.8) is 0 Å². The number of hydrogen-bond donors (Lipinski definition) is 1. The van der Waals surface area contributed by atoms with Crippen LogP contribution in [0.2, 0.25) is 0 Å². The van der Waals surface area contributed by atoms with Gasteiger partial charge in [-0.3, -0.25) is 4.79 Å². The first-order valence-corrected chi connectivity index (χ1v) is 7.95. The maximum Gasteiger partial charge on any atom is 0.254 e. The van der Waals surface area contributed by atoms with Gasteiger partial charge < -0.3 is 15.5 Å². The first kappa shape index (κ1) is 14.2. The maximum absolute atomic E-state index is 12.8. The first-order valence-electron chi connectivity index (χ1n) is 7.95. The lowest BCUT2D eigenvalue weighted by Crippen LogP contribution is -2.39. The molecule has 0 bridgehead atoms. The van der Waals surface area contributed by atoms with E-state index in [-0.39, 0.29) is 5.91 Å². The third-order valence-electron chi connectivity index (χ3n) is 5.03. The zero-order chi connectivity index (χ0) is 15.0. The molecule has 3 rings (SSSR count). The topological polar surface area (TPSA) is 49.6 Å². The molecule has 0 aromatic heterocycles. The van der Waals surface area contributed by atoms with Gasteiger partial charge in [-0.1, -0.05) is 12.8 Å². The number of anilines is 2. The molecule has 114 valence electrons. The van der Waals surface area contributed by atoms with Crippen molar-refractivity contribution in [3.05, 3.63) is 23.8 Å². The molecule has 1 aliphatic heterocycles. The van der Waals surface area contributed by atoms with Gasteiger partial charge in [-0.25, -0.2) is 0 Å². The lowest BCUT2D eigenvalue weighted by atomic mass is 9.85. The summed E-state index contributed by atoms with van der Waals surface area (Å²) in [4.78, 5) is 16.9. The number of nitrogens with zero attached hydrogens (tertiary/aromatic N) is 2. The summed E-state index contributed by atoms with van der Waals surface area (Å²) in [6.45, 7) is 0.906. The number of fused-ring (bicyclic) bond motifs is 1. The largest absolute Gasteiger partial charge is 0.397 e. The van der Waals surface area contributed by atoms with Gasteiger partial charge >= 0.3 is 0 Å². The third-order valence-corrected chi connectivity index (χ3v) is 5.03. The van der Waals surface area contributed by atoms with Crippen LogP contribution in [0.1, 0.15) is 42.5 Å². The highest BCUT2D eigenvalue weighted by Crippen LogP contribution is 2.37. The molecule has 2 N–H and O–H groups in total. The highest BCUT2D eigenvalue weighted by atomic mass is 16.2. The van der Waals surface area contributed by atoms with Crippen LogP contribution in [0.5, 0.6) is 0 Å². The average molecular weight is 287 g/mol. The second-order valence-electron chi connectivity index (χ2n) is 6.57. The van der Waals surface area contributed by atoms with Crippen LogP contribution in [0.3, 0.4) is 0 Å². The highest BCUT2D eigenvalue weighted by molar-refractivity contribution is 5.96. The van der Waals surface area contributed by atoms with Crippen molar-refractivity contribution in [2.24, 2.45) is 5.92 Å². The molecule has 2 atom stereocenters. The van der Waals surface area contributed by atoms with Crippen molar-refractivity contribution in [2.45, 2.75) is 38.1 Å². The second kappa shape index (κ2) is 5.58. The minimum Gasteiger partial charge on any atom is -0.397 e. The van der Waals surface area contributed by atoms with E-state index in [0.717, 1.165) is 23.7 Å². The number of carbonyl (C=O) groups is 1. The molecule has 1 saturated carbocycles. The predicted octanol–water partition coefficient (Wildman–Crippen LogP) is 2.74. The number of hydrogen-bond acceptors (Lipinski definition) is 3. The van der Waals surface area contributed by atoms with E-state index in [4.69, 9.17) is 5.73 Å². The molecule has 2 fully saturated rings. The zero-order valence-corrected chi connectivity index (χ0v) is 13.0. The van der Waals surface area contributed by atoms with Crippen molar-refractivity contribution in [1.82, 2.24) is 4.90 Å². The fourth-order valence-corrected chi connectivity index (χ4v) is 3.92. The van der Waals surface area contributed by atoms with Gasteiger partial charge in [-0.15, -0.1) is 0 Å². The standard InChI is InChI=1S/C17H25N3O/c1-19(2)16-8-7-13(11-14(16)18)17(21)20-10-9-12-5-3-4-6-15(12)20/h7-8,11-12,15H,3-6,9-10,18H2,1-2H3. The molecule has 0 radical (unpaired) electrons. The van der Waals surface area contributed by atoms with E-state index in [1.165, 1.54) is 32.1 Å². The molecular formula is C17H25N3O. The van der Waals surface area contributed by atoms with E-state index in [2.05, 4.69) is 4.90 Å². The summed E-state index contributed by atoms with van der Waals surface area (Å²) in [5.74, 6) is 0.877. The number of rotatable bonds is 2. The number of nitrogens with two attached hydrogens (primary N) is 1. The van der Waals surface area contributed by atoms with Gasteiger partial charge in [0.15, 0.2) is 0 Å². The number of likely N-dealkylation sites (tertiary alicyclic amines) is 1. The third kappa shape index (κ3) is 2.59. The Kier molecular flexibility index (Phi) is 3.79. The Bertz CT molecular complexity index is 541. The Morgan fingerprint density at radius 3 is 2.71 bits per heavy atom. The van der Waals surface area contributed by atoms with Crippen LogP contribution in [0.25, 0.3) is 0 Å². The minimum absolute atomic E-state index is 0.154. The summed E-state index contributed by atoms with van der Waals surface area (Å²) in [6, 6.07) is 6.13. The maximum atomic E-state index is 12.8. The number of benzene rings is 1. The quantitative estimate of drug-likeness (QED) is 0.851. The molecule has 4 nitrogen and oxygen atoms in total. The zero-order valence-electron chi connectivity index (χ0n) is 13.0. The van der Waals surface area contributed by atoms with Crippen LogP contribution in [-0.2, 0) is 0 Å². The summed E-state index contributed by atoms with van der Waals surface area (Å²) in [7, 11) is 3.92. The lowest BCUT2D eigenvalue weighted by Gasteiger charge is -2.31. The molecule has 2 unspecified atom stereocenters. The van der Waals surface area contributed by atoms with Crippen LogP contribution >= 0.6 is 0 Å². The Labute approximate surface area is 126 Å². The van der Waals surface area contributed by atoms with Crippen LogP contribution in [-0.4, -0.2) is 37.5 Å². The summed E-state index contributed by atoms with van der Waals surface area (Å²) >= 11 is 0. The SMILES string of the molecule is CN(C)c1ccc(C(=O)N2CCC3CCCCC32)cc1N. The fourth-order valence-electron chi connectivity index (χ4n) is 3.92. The molecule has 4 heteroatoms. The van der Waals surface area contributed by atoms with Crippen molar-refractivity contribution in [3.8, 4) is 0 Å². The monoisotopic (exact) mass is 287 g/mol. The van der Waals surface area contributed by atoms with E-state index in [9.17, 15) is 4.79 Å². The van der Waals surface area contributed by atoms with Gasteiger partial charge in [0, 0.05) is 32.2 Å². The summed E-state index contributed by atoms with van der Waals surface area (Å²) < 4.78 is 0. The van der Waals surface area contributed by atoms with Crippen molar-refractivity contribution in [1.29, 1.82) is 0 Å². The van der Waals surface area contributed by atoms with E-state index in [1.54, 1.807) is 0 Å². The van der Waals surface area contributed by atoms with Crippen LogP contribution in [0, 0.1) is 5.92 Å². The molecular weight excluding hydrogens is 262 g/mol. The van der Waals surface area contributed by atoms with Gasteiger partial charge in [0.05, 0.1) is 11.4 Å². The Hall–Kier alpha value is -1.71. The molecule has 1 aliphatic carbocycles. The van der Waals surface area contributed by atoms with Gasteiger partial charge in [-0.2, -0.15) is 0 Å². The van der Waals surface area contributed by atoms with Crippen molar-refractivity contribution in [2.75, 3.05) is 31.3 Å². The fraction of sp³-hybridized carbons (Fsp3) is 0.588. The Morgan fingerprint density at radius 2 is 2.00 bits per heavy atom. The van der Waals surface area contributed by atoms with Crippen LogP contribution in [0.15, 0.2) is 18.2 Å².